The van der Waals surface area contributed by atoms with Gasteiger partial charge in [-0.1, -0.05) is 6.92 Å². The first-order valence-corrected chi connectivity index (χ1v) is 6.73. The highest BCUT2D eigenvalue weighted by Gasteiger charge is 2.25. The van der Waals surface area contributed by atoms with E-state index in [9.17, 15) is 4.79 Å². The first-order chi connectivity index (χ1) is 9.19. The van der Waals surface area contributed by atoms with Gasteiger partial charge in [0.2, 0.25) is 5.91 Å². The average Bonchev–Trinajstić information content (AvgIpc) is 2.79. The predicted octanol–water partition coefficient (Wildman–Crippen LogP) is 2.61. The molecule has 1 atom stereocenters. The van der Waals surface area contributed by atoms with Crippen LogP contribution in [0.25, 0.3) is 0 Å². The van der Waals surface area contributed by atoms with Crippen molar-refractivity contribution in [3.8, 4) is 11.5 Å². The summed E-state index contributed by atoms with van der Waals surface area (Å²) in [4.78, 5) is 11.7. The average molecular weight is 263 g/mol. The molecule has 1 aliphatic carbocycles. The lowest BCUT2D eigenvalue weighted by Crippen LogP contribution is -2.26. The fourth-order valence-electron chi connectivity index (χ4n) is 2.58. The van der Waals surface area contributed by atoms with E-state index in [2.05, 4.69) is 5.32 Å². The summed E-state index contributed by atoms with van der Waals surface area (Å²) >= 11 is 0. The molecule has 1 unspecified atom stereocenters. The van der Waals surface area contributed by atoms with E-state index in [1.165, 1.54) is 5.56 Å². The lowest BCUT2D eigenvalue weighted by atomic mass is 10.1. The molecule has 0 saturated heterocycles. The topological polar surface area (TPSA) is 47.6 Å². The maximum atomic E-state index is 11.7. The number of amides is 1. The molecule has 4 heteroatoms. The normalized spacial score (nSPS) is 16.9. The van der Waals surface area contributed by atoms with Gasteiger partial charge in [-0.05, 0) is 42.5 Å². The number of hydrogen-bond acceptors (Lipinski definition) is 3. The minimum absolute atomic E-state index is 0.105. The van der Waals surface area contributed by atoms with Crippen LogP contribution in [0.4, 0.5) is 0 Å². The van der Waals surface area contributed by atoms with Crippen LogP contribution in [0.5, 0.6) is 11.5 Å². The molecule has 1 amide bonds. The molecule has 0 aromatic heterocycles. The molecule has 0 heterocycles. The van der Waals surface area contributed by atoms with Crippen LogP contribution in [-0.2, 0) is 11.2 Å². The van der Waals surface area contributed by atoms with Crippen molar-refractivity contribution >= 4 is 5.91 Å². The summed E-state index contributed by atoms with van der Waals surface area (Å²) in [7, 11) is 3.27. The first kappa shape index (κ1) is 13.7. The van der Waals surface area contributed by atoms with Crippen molar-refractivity contribution < 1.29 is 14.3 Å². The van der Waals surface area contributed by atoms with Gasteiger partial charge in [-0.25, -0.2) is 0 Å². The lowest BCUT2D eigenvalue weighted by Gasteiger charge is -2.16. The van der Waals surface area contributed by atoms with Crippen molar-refractivity contribution in [2.45, 2.75) is 38.6 Å². The number of rotatable bonds is 5. The largest absolute Gasteiger partial charge is 0.493 e. The maximum Gasteiger partial charge on any atom is 0.220 e. The summed E-state index contributed by atoms with van der Waals surface area (Å²) in [5.41, 5.74) is 2.39. The quantitative estimate of drug-likeness (QED) is 0.888. The van der Waals surface area contributed by atoms with Crippen LogP contribution in [0, 0.1) is 0 Å². The standard InChI is InChI=1S/C15H21NO3/c1-4-5-15(17)16-12-7-6-10-8-13(18-2)14(19-3)9-11(10)12/h8-9,12H,4-7H2,1-3H3,(H,16,17). The second-order valence-corrected chi connectivity index (χ2v) is 4.81. The number of methoxy groups -OCH3 is 2. The number of benzene rings is 1. The number of hydrogen-bond donors (Lipinski definition) is 1. The van der Waals surface area contributed by atoms with E-state index >= 15 is 0 Å². The van der Waals surface area contributed by atoms with E-state index in [0.717, 1.165) is 36.3 Å². The molecule has 19 heavy (non-hydrogen) atoms. The van der Waals surface area contributed by atoms with Crippen LogP contribution in [-0.4, -0.2) is 20.1 Å². The summed E-state index contributed by atoms with van der Waals surface area (Å²) in [6.45, 7) is 2.01. The van der Waals surface area contributed by atoms with Gasteiger partial charge in [0.1, 0.15) is 0 Å². The molecule has 0 bridgehead atoms. The van der Waals surface area contributed by atoms with Crippen molar-refractivity contribution in [2.24, 2.45) is 0 Å². The molecule has 0 aliphatic heterocycles. The Morgan fingerprint density at radius 1 is 1.32 bits per heavy atom. The van der Waals surface area contributed by atoms with Crippen molar-refractivity contribution in [1.29, 1.82) is 0 Å². The highest BCUT2D eigenvalue weighted by molar-refractivity contribution is 5.76. The lowest BCUT2D eigenvalue weighted by molar-refractivity contribution is -0.121. The molecule has 2 rings (SSSR count). The summed E-state index contributed by atoms with van der Waals surface area (Å²) in [5.74, 6) is 1.59. The van der Waals surface area contributed by atoms with Gasteiger partial charge in [0.15, 0.2) is 11.5 Å². The minimum atomic E-state index is 0.105. The van der Waals surface area contributed by atoms with Gasteiger partial charge in [0.25, 0.3) is 0 Å². The zero-order valence-electron chi connectivity index (χ0n) is 11.8. The first-order valence-electron chi connectivity index (χ1n) is 6.73. The van der Waals surface area contributed by atoms with Gasteiger partial charge >= 0.3 is 0 Å². The van der Waals surface area contributed by atoms with E-state index in [0.29, 0.717) is 6.42 Å². The van der Waals surface area contributed by atoms with Crippen molar-refractivity contribution in [3.63, 3.8) is 0 Å². The molecule has 1 aromatic rings. The van der Waals surface area contributed by atoms with Crippen LogP contribution in [0.15, 0.2) is 12.1 Å². The smallest absolute Gasteiger partial charge is 0.220 e. The summed E-state index contributed by atoms with van der Waals surface area (Å²) in [6, 6.07) is 4.10. The monoisotopic (exact) mass is 263 g/mol. The van der Waals surface area contributed by atoms with Crippen LogP contribution in [0.1, 0.15) is 43.4 Å². The van der Waals surface area contributed by atoms with E-state index in [-0.39, 0.29) is 11.9 Å². The summed E-state index contributed by atoms with van der Waals surface area (Å²) in [5, 5.41) is 3.09. The third-order valence-electron chi connectivity index (χ3n) is 3.54. The molecule has 104 valence electrons. The molecule has 0 radical (unpaired) electrons. The van der Waals surface area contributed by atoms with Gasteiger partial charge in [-0.3, -0.25) is 4.79 Å². The van der Waals surface area contributed by atoms with E-state index in [1.807, 2.05) is 19.1 Å². The molecule has 1 aliphatic rings. The number of fused-ring (bicyclic) bond motifs is 1. The van der Waals surface area contributed by atoms with Crippen LogP contribution < -0.4 is 14.8 Å². The minimum Gasteiger partial charge on any atom is -0.493 e. The third-order valence-corrected chi connectivity index (χ3v) is 3.54. The zero-order chi connectivity index (χ0) is 13.8. The molecule has 1 aromatic carbocycles. The Labute approximate surface area is 114 Å². The summed E-state index contributed by atoms with van der Waals surface area (Å²) < 4.78 is 10.6. The van der Waals surface area contributed by atoms with E-state index in [4.69, 9.17) is 9.47 Å². The summed E-state index contributed by atoms with van der Waals surface area (Å²) in [6.07, 6.45) is 3.37. The molecule has 0 spiro atoms. The van der Waals surface area contributed by atoms with E-state index in [1.54, 1.807) is 14.2 Å². The predicted molar refractivity (Wildman–Crippen MR) is 73.7 cm³/mol. The number of carbonyl (C=O) groups is 1. The Hall–Kier alpha value is -1.71. The number of carbonyl (C=O) groups excluding carboxylic acids is 1. The van der Waals surface area contributed by atoms with Gasteiger partial charge in [0.05, 0.1) is 20.3 Å². The van der Waals surface area contributed by atoms with E-state index < -0.39 is 0 Å². The molecule has 1 N–H and O–H groups in total. The van der Waals surface area contributed by atoms with Crippen LogP contribution >= 0.6 is 0 Å². The van der Waals surface area contributed by atoms with Crippen LogP contribution in [0.2, 0.25) is 0 Å². The Bertz CT molecular complexity index is 471. The van der Waals surface area contributed by atoms with Gasteiger partial charge in [0, 0.05) is 6.42 Å². The highest BCUT2D eigenvalue weighted by Crippen LogP contribution is 2.39. The third kappa shape index (κ3) is 2.83. The van der Waals surface area contributed by atoms with Gasteiger partial charge < -0.3 is 14.8 Å². The number of ether oxygens (including phenoxy) is 2. The molecular weight excluding hydrogens is 242 g/mol. The van der Waals surface area contributed by atoms with Gasteiger partial charge in [-0.2, -0.15) is 0 Å². The number of nitrogens with one attached hydrogen (secondary N) is 1. The van der Waals surface area contributed by atoms with Crippen LogP contribution in [0.3, 0.4) is 0 Å². The second-order valence-electron chi connectivity index (χ2n) is 4.81. The molecular formula is C15H21NO3. The van der Waals surface area contributed by atoms with Gasteiger partial charge in [-0.15, -0.1) is 0 Å². The SMILES string of the molecule is CCCC(=O)NC1CCc2cc(OC)c(OC)cc21. The molecule has 4 nitrogen and oxygen atoms in total. The highest BCUT2D eigenvalue weighted by atomic mass is 16.5. The maximum absolute atomic E-state index is 11.7. The Kier molecular flexibility index (Phi) is 4.30. The Morgan fingerprint density at radius 3 is 2.63 bits per heavy atom. The van der Waals surface area contributed by atoms with Crippen molar-refractivity contribution in [1.82, 2.24) is 5.32 Å². The fourth-order valence-corrected chi connectivity index (χ4v) is 2.58. The Morgan fingerprint density at radius 2 is 2.00 bits per heavy atom. The van der Waals surface area contributed by atoms with Crippen molar-refractivity contribution in [2.75, 3.05) is 14.2 Å². The fraction of sp³-hybridized carbons (Fsp3) is 0.533. The molecule has 0 fully saturated rings. The number of aryl methyl sites for hydroxylation is 1. The van der Waals surface area contributed by atoms with Crippen molar-refractivity contribution in [3.05, 3.63) is 23.3 Å². The molecule has 0 saturated carbocycles. The second kappa shape index (κ2) is 5.95. The Balaban J connectivity index is 2.21. The zero-order valence-corrected chi connectivity index (χ0v) is 11.8.